The van der Waals surface area contributed by atoms with Crippen LogP contribution < -0.4 is 10.0 Å². The molecule has 2 N–H and O–H groups in total. The summed E-state index contributed by atoms with van der Waals surface area (Å²) in [6.07, 6.45) is -4.75. The predicted octanol–water partition coefficient (Wildman–Crippen LogP) is 2.75. The Bertz CT molecular complexity index is 819. The van der Waals surface area contributed by atoms with Crippen molar-refractivity contribution in [1.29, 1.82) is 0 Å². The van der Waals surface area contributed by atoms with E-state index in [-0.39, 0.29) is 18.9 Å². The molecule has 1 aromatic carbocycles. The van der Waals surface area contributed by atoms with Gasteiger partial charge < -0.3 is 5.32 Å². The predicted molar refractivity (Wildman–Crippen MR) is 87.4 cm³/mol. The number of amides is 1. The van der Waals surface area contributed by atoms with E-state index in [1.807, 2.05) is 17.5 Å². The van der Waals surface area contributed by atoms with Crippen molar-refractivity contribution in [2.45, 2.75) is 24.0 Å². The molecule has 1 aromatic heterocycles. The highest BCUT2D eigenvalue weighted by Crippen LogP contribution is 2.30. The van der Waals surface area contributed by atoms with Crippen molar-refractivity contribution in [2.75, 3.05) is 6.54 Å². The Balaban J connectivity index is 1.88. The highest BCUT2D eigenvalue weighted by molar-refractivity contribution is 7.89. The van der Waals surface area contributed by atoms with Crippen LogP contribution in [0.25, 0.3) is 0 Å². The van der Waals surface area contributed by atoms with Gasteiger partial charge in [0.1, 0.15) is 0 Å². The molecule has 10 heteroatoms. The summed E-state index contributed by atoms with van der Waals surface area (Å²) in [5.74, 6) is -0.361. The quantitative estimate of drug-likeness (QED) is 0.761. The molecule has 0 atom stereocenters. The second-order valence-corrected chi connectivity index (χ2v) is 7.83. The number of halogens is 3. The van der Waals surface area contributed by atoms with Crippen LogP contribution in [-0.2, 0) is 27.5 Å². The topological polar surface area (TPSA) is 75.3 Å². The van der Waals surface area contributed by atoms with Crippen LogP contribution in [0.1, 0.15) is 16.9 Å². The number of benzene rings is 1. The molecule has 0 aliphatic rings. The fraction of sp³-hybridized carbons (Fsp3) is 0.267. The summed E-state index contributed by atoms with van der Waals surface area (Å²) < 4.78 is 64.1. The van der Waals surface area contributed by atoms with Crippen molar-refractivity contribution in [2.24, 2.45) is 0 Å². The Morgan fingerprint density at radius 3 is 2.56 bits per heavy atom. The molecule has 0 fully saturated rings. The summed E-state index contributed by atoms with van der Waals surface area (Å²) in [4.78, 5) is 12.1. The van der Waals surface area contributed by atoms with E-state index < -0.39 is 26.7 Å². The first kappa shape index (κ1) is 19.4. The molecule has 2 rings (SSSR count). The summed E-state index contributed by atoms with van der Waals surface area (Å²) in [7, 11) is -4.12. The molecule has 0 spiro atoms. The Kier molecular flexibility index (Phi) is 6.20. The molecule has 0 saturated heterocycles. The van der Waals surface area contributed by atoms with Gasteiger partial charge in [0.2, 0.25) is 15.9 Å². The van der Waals surface area contributed by atoms with Crippen molar-refractivity contribution in [3.63, 3.8) is 0 Å². The molecule has 0 radical (unpaired) electrons. The Labute approximate surface area is 146 Å². The molecule has 0 bridgehead atoms. The van der Waals surface area contributed by atoms with Crippen molar-refractivity contribution >= 4 is 27.3 Å². The number of rotatable bonds is 7. The molecule has 0 aliphatic heterocycles. The lowest BCUT2D eigenvalue weighted by atomic mass is 10.2. The summed E-state index contributed by atoms with van der Waals surface area (Å²) in [6.45, 7) is 0.131. The summed E-state index contributed by atoms with van der Waals surface area (Å²) >= 11 is 1.48. The zero-order chi connectivity index (χ0) is 18.5. The van der Waals surface area contributed by atoms with Crippen LogP contribution in [-0.4, -0.2) is 20.9 Å². The van der Waals surface area contributed by atoms with Gasteiger partial charge in [-0.05, 0) is 29.6 Å². The van der Waals surface area contributed by atoms with Crippen LogP contribution >= 0.6 is 11.3 Å². The summed E-state index contributed by atoms with van der Waals surface area (Å²) in [6, 6.07) is 7.12. The van der Waals surface area contributed by atoms with Gasteiger partial charge in [-0.15, -0.1) is 11.3 Å². The first-order chi connectivity index (χ1) is 11.7. The van der Waals surface area contributed by atoms with E-state index in [2.05, 4.69) is 10.0 Å². The van der Waals surface area contributed by atoms with Gasteiger partial charge in [-0.3, -0.25) is 4.79 Å². The zero-order valence-corrected chi connectivity index (χ0v) is 14.5. The van der Waals surface area contributed by atoms with Crippen molar-refractivity contribution in [3.05, 3.63) is 52.2 Å². The first-order valence-electron chi connectivity index (χ1n) is 7.14. The molecular weight excluding hydrogens is 377 g/mol. The molecule has 2 aromatic rings. The van der Waals surface area contributed by atoms with E-state index in [0.717, 1.165) is 23.1 Å². The van der Waals surface area contributed by atoms with Gasteiger partial charge in [-0.1, -0.05) is 12.1 Å². The van der Waals surface area contributed by atoms with Crippen LogP contribution in [0.3, 0.4) is 0 Å². The lowest BCUT2D eigenvalue weighted by Gasteiger charge is -2.10. The summed E-state index contributed by atoms with van der Waals surface area (Å²) in [5.41, 5.74) is -1.05. The summed E-state index contributed by atoms with van der Waals surface area (Å²) in [5, 5.41) is 4.49. The van der Waals surface area contributed by atoms with Crippen LogP contribution in [0.15, 0.2) is 46.7 Å². The second kappa shape index (κ2) is 7.98. The highest BCUT2D eigenvalue weighted by Gasteiger charge is 2.31. The maximum absolute atomic E-state index is 12.6. The van der Waals surface area contributed by atoms with Crippen LogP contribution in [0, 0.1) is 0 Å². The molecular formula is C15H15F3N2O3S2. The van der Waals surface area contributed by atoms with E-state index >= 15 is 0 Å². The van der Waals surface area contributed by atoms with Crippen LogP contribution in [0.5, 0.6) is 0 Å². The third kappa shape index (κ3) is 5.83. The minimum Gasteiger partial charge on any atom is -0.351 e. The average Bonchev–Trinajstić information content (AvgIpc) is 3.05. The largest absolute Gasteiger partial charge is 0.416 e. The Morgan fingerprint density at radius 2 is 1.92 bits per heavy atom. The fourth-order valence-electron chi connectivity index (χ4n) is 1.91. The third-order valence-electron chi connectivity index (χ3n) is 3.16. The SMILES string of the molecule is O=C(CCNS(=O)(=O)c1cccc(C(F)(F)F)c1)NCc1cccs1. The van der Waals surface area contributed by atoms with Crippen LogP contribution in [0.4, 0.5) is 13.2 Å². The molecule has 0 unspecified atom stereocenters. The second-order valence-electron chi connectivity index (χ2n) is 5.03. The van der Waals surface area contributed by atoms with Gasteiger partial charge in [-0.25, -0.2) is 13.1 Å². The standard InChI is InChI=1S/C15H15F3N2O3S2/c16-15(17,18)11-3-1-5-13(9-11)25(22,23)20-7-6-14(21)19-10-12-4-2-8-24-12/h1-5,8-9,20H,6-7,10H2,(H,19,21). The van der Waals surface area contributed by atoms with Gasteiger partial charge in [-0.2, -0.15) is 13.2 Å². The number of nitrogens with one attached hydrogen (secondary N) is 2. The van der Waals surface area contributed by atoms with Crippen LogP contribution in [0.2, 0.25) is 0 Å². The maximum Gasteiger partial charge on any atom is 0.416 e. The number of hydrogen-bond donors (Lipinski definition) is 2. The molecule has 0 saturated carbocycles. The van der Waals surface area contributed by atoms with E-state index in [1.165, 1.54) is 11.3 Å². The van der Waals surface area contributed by atoms with E-state index in [0.29, 0.717) is 12.6 Å². The zero-order valence-electron chi connectivity index (χ0n) is 12.8. The van der Waals surface area contributed by atoms with Gasteiger partial charge in [0.15, 0.2) is 0 Å². The highest BCUT2D eigenvalue weighted by atomic mass is 32.2. The number of thiophene rings is 1. The molecule has 1 heterocycles. The number of sulfonamides is 1. The van der Waals surface area contributed by atoms with Crippen molar-refractivity contribution in [1.82, 2.24) is 10.0 Å². The van der Waals surface area contributed by atoms with Crippen molar-refractivity contribution in [3.8, 4) is 0 Å². The molecule has 25 heavy (non-hydrogen) atoms. The monoisotopic (exact) mass is 392 g/mol. The maximum atomic E-state index is 12.6. The first-order valence-corrected chi connectivity index (χ1v) is 9.51. The smallest absolute Gasteiger partial charge is 0.351 e. The molecule has 1 amide bonds. The average molecular weight is 392 g/mol. The number of carbonyl (C=O) groups is 1. The number of carbonyl (C=O) groups excluding carboxylic acids is 1. The van der Waals surface area contributed by atoms with Gasteiger partial charge in [0, 0.05) is 17.8 Å². The lowest BCUT2D eigenvalue weighted by Crippen LogP contribution is -2.30. The molecule has 5 nitrogen and oxygen atoms in total. The number of alkyl halides is 3. The Morgan fingerprint density at radius 1 is 1.16 bits per heavy atom. The van der Waals surface area contributed by atoms with Gasteiger partial charge in [0.05, 0.1) is 17.0 Å². The van der Waals surface area contributed by atoms with E-state index in [4.69, 9.17) is 0 Å². The van der Waals surface area contributed by atoms with Gasteiger partial charge in [0.25, 0.3) is 0 Å². The fourth-order valence-corrected chi connectivity index (χ4v) is 3.63. The number of hydrogen-bond acceptors (Lipinski definition) is 4. The molecule has 136 valence electrons. The van der Waals surface area contributed by atoms with E-state index in [9.17, 15) is 26.4 Å². The third-order valence-corrected chi connectivity index (χ3v) is 5.49. The minimum atomic E-state index is -4.63. The lowest BCUT2D eigenvalue weighted by molar-refractivity contribution is -0.137. The normalized spacial score (nSPS) is 12.1. The van der Waals surface area contributed by atoms with E-state index in [1.54, 1.807) is 0 Å². The molecule has 0 aliphatic carbocycles. The van der Waals surface area contributed by atoms with Gasteiger partial charge >= 0.3 is 6.18 Å². The Hall–Kier alpha value is -1.91. The van der Waals surface area contributed by atoms with Crippen molar-refractivity contribution < 1.29 is 26.4 Å². The minimum absolute atomic E-state index is 0.121.